The van der Waals surface area contributed by atoms with Crippen LogP contribution in [0, 0.1) is 0 Å². The van der Waals surface area contributed by atoms with Gasteiger partial charge in [0.15, 0.2) is 0 Å². The summed E-state index contributed by atoms with van der Waals surface area (Å²) < 4.78 is 6.44. The number of anilines is 1. The van der Waals surface area contributed by atoms with Crippen molar-refractivity contribution in [3.63, 3.8) is 0 Å². The van der Waals surface area contributed by atoms with Gasteiger partial charge < -0.3 is 10.1 Å². The Morgan fingerprint density at radius 3 is 2.92 bits per heavy atom. The zero-order chi connectivity index (χ0) is 16.9. The van der Waals surface area contributed by atoms with Gasteiger partial charge in [-0.15, -0.1) is 11.3 Å². The number of aromatic nitrogens is 1. The Balaban J connectivity index is 1.77. The molecule has 24 heavy (non-hydrogen) atoms. The number of amides is 1. The van der Waals surface area contributed by atoms with E-state index in [2.05, 4.69) is 26.2 Å². The smallest absolute Gasteiger partial charge is 0.256 e. The highest BCUT2D eigenvalue weighted by atomic mass is 79.9. The van der Waals surface area contributed by atoms with Gasteiger partial charge in [0.05, 0.1) is 22.5 Å². The molecule has 4 nitrogen and oxygen atoms in total. The summed E-state index contributed by atoms with van der Waals surface area (Å²) in [4.78, 5) is 16.7. The van der Waals surface area contributed by atoms with E-state index < -0.39 is 0 Å². The minimum Gasteiger partial charge on any atom is -0.485 e. The lowest BCUT2D eigenvalue weighted by Gasteiger charge is -2.12. The van der Waals surface area contributed by atoms with Crippen molar-refractivity contribution in [3.05, 3.63) is 74.1 Å². The molecular formula is C17H12BrClN2O2S. The van der Waals surface area contributed by atoms with E-state index in [1.807, 2.05) is 17.5 Å². The van der Waals surface area contributed by atoms with Crippen LogP contribution in [0.4, 0.5) is 5.69 Å². The Bertz CT molecular complexity index is 856. The van der Waals surface area contributed by atoms with Crippen molar-refractivity contribution in [3.8, 4) is 5.75 Å². The molecule has 0 atom stereocenters. The largest absolute Gasteiger partial charge is 0.485 e. The van der Waals surface area contributed by atoms with Gasteiger partial charge in [-0.2, -0.15) is 0 Å². The lowest BCUT2D eigenvalue weighted by Crippen LogP contribution is -2.13. The Morgan fingerprint density at radius 2 is 2.12 bits per heavy atom. The van der Waals surface area contributed by atoms with Crippen molar-refractivity contribution >= 4 is 50.5 Å². The first-order valence-electron chi connectivity index (χ1n) is 6.99. The van der Waals surface area contributed by atoms with E-state index in [0.717, 1.165) is 5.69 Å². The summed E-state index contributed by atoms with van der Waals surface area (Å²) in [6.07, 6.45) is 0. The molecule has 0 unspecified atom stereocenters. The van der Waals surface area contributed by atoms with Crippen molar-refractivity contribution in [2.45, 2.75) is 6.61 Å². The first-order valence-corrected chi connectivity index (χ1v) is 9.10. The van der Waals surface area contributed by atoms with E-state index in [4.69, 9.17) is 16.3 Å². The maximum absolute atomic E-state index is 12.5. The molecular weight excluding hydrogens is 412 g/mol. The standard InChI is InChI=1S/C17H12BrClN2O2S/c18-14-6-5-11(19)7-13(14)17(22)21-15-3-1-2-4-16(15)23-8-12-9-24-10-20-12/h1-7,9-10H,8H2,(H,21,22). The minimum absolute atomic E-state index is 0.269. The van der Waals surface area contributed by atoms with Gasteiger partial charge in [0.2, 0.25) is 0 Å². The van der Waals surface area contributed by atoms with Crippen LogP contribution < -0.4 is 10.1 Å². The van der Waals surface area contributed by atoms with Crippen LogP contribution in [0.3, 0.4) is 0 Å². The second-order valence-electron chi connectivity index (χ2n) is 4.84. The van der Waals surface area contributed by atoms with Gasteiger partial charge in [0, 0.05) is 14.9 Å². The molecule has 0 aliphatic heterocycles. The molecule has 0 aliphatic carbocycles. The Morgan fingerprint density at radius 1 is 1.29 bits per heavy atom. The third kappa shape index (κ3) is 4.14. The topological polar surface area (TPSA) is 51.2 Å². The van der Waals surface area contributed by atoms with E-state index in [-0.39, 0.29) is 5.91 Å². The number of nitrogens with zero attached hydrogens (tertiary/aromatic N) is 1. The summed E-state index contributed by atoms with van der Waals surface area (Å²) in [5, 5.41) is 5.27. The predicted molar refractivity (Wildman–Crippen MR) is 100.0 cm³/mol. The molecule has 0 bridgehead atoms. The molecule has 0 spiro atoms. The van der Waals surface area contributed by atoms with Gasteiger partial charge in [-0.25, -0.2) is 4.98 Å². The lowest BCUT2D eigenvalue weighted by atomic mass is 10.2. The fourth-order valence-corrected chi connectivity index (χ4v) is 3.16. The number of benzene rings is 2. The third-order valence-corrected chi connectivity index (χ3v) is 4.73. The van der Waals surface area contributed by atoms with Crippen LogP contribution in [0.2, 0.25) is 5.02 Å². The summed E-state index contributed by atoms with van der Waals surface area (Å²) >= 11 is 10.8. The van der Waals surface area contributed by atoms with Gasteiger partial charge in [-0.1, -0.05) is 23.7 Å². The number of rotatable bonds is 5. The second kappa shape index (κ2) is 7.79. The van der Waals surface area contributed by atoms with E-state index >= 15 is 0 Å². The summed E-state index contributed by atoms with van der Waals surface area (Å²) in [5.41, 5.74) is 3.64. The molecule has 0 saturated heterocycles. The highest BCUT2D eigenvalue weighted by Gasteiger charge is 2.13. The van der Waals surface area contributed by atoms with E-state index in [9.17, 15) is 4.79 Å². The normalized spacial score (nSPS) is 10.4. The van der Waals surface area contributed by atoms with Crippen LogP contribution in [0.5, 0.6) is 5.75 Å². The number of nitrogens with one attached hydrogen (secondary N) is 1. The molecule has 7 heteroatoms. The van der Waals surface area contributed by atoms with Gasteiger partial charge in [0.25, 0.3) is 5.91 Å². The molecule has 3 rings (SSSR count). The van der Waals surface area contributed by atoms with Crippen LogP contribution in [0.15, 0.2) is 57.8 Å². The number of halogens is 2. The number of thiazole rings is 1. The molecule has 0 fully saturated rings. The molecule has 1 heterocycles. The van der Waals surface area contributed by atoms with Crippen LogP contribution in [-0.4, -0.2) is 10.9 Å². The average Bonchev–Trinajstić information content (AvgIpc) is 3.09. The van der Waals surface area contributed by atoms with Crippen molar-refractivity contribution in [2.24, 2.45) is 0 Å². The number of hydrogen-bond donors (Lipinski definition) is 1. The lowest BCUT2D eigenvalue weighted by molar-refractivity contribution is 0.102. The number of para-hydroxylation sites is 2. The summed E-state index contributed by atoms with van der Waals surface area (Å²) in [6.45, 7) is 0.344. The Hall–Kier alpha value is -1.89. The molecule has 2 aromatic carbocycles. The maximum atomic E-state index is 12.5. The second-order valence-corrected chi connectivity index (χ2v) is 6.85. The molecule has 0 saturated carbocycles. The third-order valence-electron chi connectivity index (χ3n) is 3.17. The van der Waals surface area contributed by atoms with Crippen LogP contribution >= 0.6 is 38.9 Å². The molecule has 1 amide bonds. The number of carbonyl (C=O) groups is 1. The average molecular weight is 424 g/mol. The first-order chi connectivity index (χ1) is 11.6. The van der Waals surface area contributed by atoms with Gasteiger partial charge in [-0.05, 0) is 46.3 Å². The quantitative estimate of drug-likeness (QED) is 0.598. The van der Waals surface area contributed by atoms with Crippen molar-refractivity contribution in [2.75, 3.05) is 5.32 Å². The summed E-state index contributed by atoms with van der Waals surface area (Å²) in [5.74, 6) is 0.311. The number of hydrogen-bond acceptors (Lipinski definition) is 4. The van der Waals surface area contributed by atoms with Gasteiger partial charge >= 0.3 is 0 Å². The van der Waals surface area contributed by atoms with Gasteiger partial charge in [0.1, 0.15) is 12.4 Å². The fraction of sp³-hybridized carbons (Fsp3) is 0.0588. The highest BCUT2D eigenvalue weighted by Crippen LogP contribution is 2.27. The molecule has 3 aromatic rings. The zero-order valence-electron chi connectivity index (χ0n) is 12.3. The van der Waals surface area contributed by atoms with E-state index in [1.165, 1.54) is 11.3 Å². The monoisotopic (exact) mass is 422 g/mol. The zero-order valence-corrected chi connectivity index (χ0v) is 15.5. The van der Waals surface area contributed by atoms with Gasteiger partial charge in [-0.3, -0.25) is 4.79 Å². The SMILES string of the molecule is O=C(Nc1ccccc1OCc1cscn1)c1cc(Cl)ccc1Br. The number of carbonyl (C=O) groups excluding carboxylic acids is 1. The van der Waals surface area contributed by atoms with Crippen LogP contribution in [0.25, 0.3) is 0 Å². The van der Waals surface area contributed by atoms with Crippen LogP contribution in [0.1, 0.15) is 16.1 Å². The molecule has 0 radical (unpaired) electrons. The molecule has 1 N–H and O–H groups in total. The highest BCUT2D eigenvalue weighted by molar-refractivity contribution is 9.10. The van der Waals surface area contributed by atoms with Crippen molar-refractivity contribution < 1.29 is 9.53 Å². The van der Waals surface area contributed by atoms with Crippen LogP contribution in [-0.2, 0) is 6.61 Å². The molecule has 0 aliphatic rings. The molecule has 1 aromatic heterocycles. The van der Waals surface area contributed by atoms with E-state index in [1.54, 1.807) is 35.8 Å². The number of ether oxygens (including phenoxy) is 1. The maximum Gasteiger partial charge on any atom is 0.256 e. The van der Waals surface area contributed by atoms with E-state index in [0.29, 0.717) is 33.1 Å². The first kappa shape index (κ1) is 17.0. The Kier molecular flexibility index (Phi) is 5.50. The minimum atomic E-state index is -0.269. The fourth-order valence-electron chi connectivity index (χ4n) is 2.02. The van der Waals surface area contributed by atoms with Crippen molar-refractivity contribution in [1.82, 2.24) is 4.98 Å². The summed E-state index contributed by atoms with van der Waals surface area (Å²) in [7, 11) is 0. The van der Waals surface area contributed by atoms with Crippen molar-refractivity contribution in [1.29, 1.82) is 0 Å². The molecule has 122 valence electrons. The summed E-state index contributed by atoms with van der Waals surface area (Å²) in [6, 6.07) is 12.3. The Labute approximate surface area is 156 Å². The predicted octanol–water partition coefficient (Wildman–Crippen LogP) is 5.39.